The van der Waals surface area contributed by atoms with Crippen LogP contribution in [0, 0.1) is 20.8 Å². The highest BCUT2D eigenvalue weighted by molar-refractivity contribution is 6.31. The van der Waals surface area contributed by atoms with Gasteiger partial charge in [0.05, 0.1) is 0 Å². The Morgan fingerprint density at radius 2 is 1.79 bits per heavy atom. The zero-order chi connectivity index (χ0) is 21.6. The maximum absolute atomic E-state index is 12.7. The number of aromatic amines is 1. The second-order valence-corrected chi connectivity index (χ2v) is 7.21. The van der Waals surface area contributed by atoms with E-state index in [0.717, 1.165) is 22.4 Å². The third kappa shape index (κ3) is 6.33. The van der Waals surface area contributed by atoms with Gasteiger partial charge in [0.1, 0.15) is 0 Å². The van der Waals surface area contributed by atoms with Crippen molar-refractivity contribution in [3.05, 3.63) is 67.1 Å². The Bertz CT molecular complexity index is 972. The largest absolute Gasteiger partial charge is 0.465 e. The molecular weight excluding hydrogens is 396 g/mol. The lowest BCUT2D eigenvalue weighted by Gasteiger charge is -2.14. The Balaban J connectivity index is 2.07. The zero-order valence-electron chi connectivity index (χ0n) is 16.6. The quantitative estimate of drug-likeness (QED) is 0.419. The van der Waals surface area contributed by atoms with Crippen molar-refractivity contribution in [1.29, 1.82) is 0 Å². The van der Waals surface area contributed by atoms with Crippen LogP contribution in [-0.4, -0.2) is 35.2 Å². The van der Waals surface area contributed by atoms with Gasteiger partial charge in [0.2, 0.25) is 0 Å². The highest BCUT2D eigenvalue weighted by Gasteiger charge is 2.15. The molecule has 0 saturated heterocycles. The standard InChI is InChI=1S/C20H25ClN4O4/c1-11-6-12(2)25-19(27)17(11)10-24-18(26)16-8-15(21)7-14(13(16)3)9-22-4-5-23-20(28)29/h6-8,22-23H,4-5,9-10H2,1-3H3,(H,24,26)(H,25,27)(H,28,29). The molecule has 5 N–H and O–H groups in total. The molecule has 156 valence electrons. The van der Waals surface area contributed by atoms with Crippen LogP contribution in [0.4, 0.5) is 4.79 Å². The third-order valence-corrected chi connectivity index (χ3v) is 4.76. The summed E-state index contributed by atoms with van der Waals surface area (Å²) in [6.07, 6.45) is -1.08. The fraction of sp³-hybridized carbons (Fsp3) is 0.350. The maximum atomic E-state index is 12.7. The first-order chi connectivity index (χ1) is 13.7. The molecule has 29 heavy (non-hydrogen) atoms. The molecule has 0 radical (unpaired) electrons. The summed E-state index contributed by atoms with van der Waals surface area (Å²) in [6, 6.07) is 5.21. The number of carboxylic acid groups (broad SMARTS) is 1. The number of aromatic nitrogens is 1. The van der Waals surface area contributed by atoms with Crippen molar-refractivity contribution in [2.24, 2.45) is 0 Å². The molecular formula is C20H25ClN4O4. The van der Waals surface area contributed by atoms with Crippen molar-refractivity contribution in [1.82, 2.24) is 20.9 Å². The van der Waals surface area contributed by atoms with Gasteiger partial charge < -0.3 is 26.0 Å². The average Bonchev–Trinajstić information content (AvgIpc) is 2.62. The molecule has 0 atom stereocenters. The molecule has 1 heterocycles. The maximum Gasteiger partial charge on any atom is 0.404 e. The Morgan fingerprint density at radius 3 is 2.45 bits per heavy atom. The van der Waals surface area contributed by atoms with Crippen LogP contribution < -0.4 is 21.5 Å². The number of carbonyl (C=O) groups excluding carboxylic acids is 1. The minimum Gasteiger partial charge on any atom is -0.465 e. The SMILES string of the molecule is Cc1cc(C)c(CNC(=O)c2cc(Cl)cc(CNCCNC(=O)O)c2C)c(=O)[nH]1. The molecule has 0 aliphatic heterocycles. The summed E-state index contributed by atoms with van der Waals surface area (Å²) in [5.41, 5.74) is 3.90. The van der Waals surface area contributed by atoms with E-state index in [0.29, 0.717) is 29.2 Å². The molecule has 0 spiro atoms. The number of hydrogen-bond acceptors (Lipinski definition) is 4. The molecule has 1 aromatic carbocycles. The Hall–Kier alpha value is -2.84. The Morgan fingerprint density at radius 1 is 1.07 bits per heavy atom. The number of halogens is 1. The fourth-order valence-electron chi connectivity index (χ4n) is 3.00. The lowest BCUT2D eigenvalue weighted by molar-refractivity contribution is 0.0950. The zero-order valence-corrected chi connectivity index (χ0v) is 17.4. The summed E-state index contributed by atoms with van der Waals surface area (Å²) in [4.78, 5) is 38.0. The van der Waals surface area contributed by atoms with Gasteiger partial charge in [-0.15, -0.1) is 0 Å². The molecule has 0 saturated carbocycles. The minimum atomic E-state index is -1.08. The molecule has 2 amide bonds. The third-order valence-electron chi connectivity index (χ3n) is 4.54. The van der Waals surface area contributed by atoms with Crippen LogP contribution in [0.3, 0.4) is 0 Å². The first-order valence-electron chi connectivity index (χ1n) is 9.13. The number of aryl methyl sites for hydroxylation is 2. The van der Waals surface area contributed by atoms with E-state index in [2.05, 4.69) is 20.9 Å². The number of pyridine rings is 1. The molecule has 0 aliphatic rings. The number of carbonyl (C=O) groups is 2. The van der Waals surface area contributed by atoms with E-state index in [1.807, 2.05) is 19.9 Å². The van der Waals surface area contributed by atoms with Crippen molar-refractivity contribution in [2.45, 2.75) is 33.9 Å². The highest BCUT2D eigenvalue weighted by Crippen LogP contribution is 2.21. The van der Waals surface area contributed by atoms with Crippen molar-refractivity contribution in [3.63, 3.8) is 0 Å². The topological polar surface area (TPSA) is 123 Å². The summed E-state index contributed by atoms with van der Waals surface area (Å²) in [5.74, 6) is -0.321. The summed E-state index contributed by atoms with van der Waals surface area (Å²) >= 11 is 6.18. The summed E-state index contributed by atoms with van der Waals surface area (Å²) in [6.45, 7) is 6.71. The van der Waals surface area contributed by atoms with Gasteiger partial charge in [0.25, 0.3) is 11.5 Å². The molecule has 2 rings (SSSR count). The number of rotatable bonds is 8. The molecule has 2 aromatic rings. The van der Waals surface area contributed by atoms with E-state index in [-0.39, 0.29) is 24.6 Å². The predicted molar refractivity (Wildman–Crippen MR) is 112 cm³/mol. The van der Waals surface area contributed by atoms with E-state index in [1.165, 1.54) is 0 Å². The molecule has 0 unspecified atom stereocenters. The van der Waals surface area contributed by atoms with Crippen LogP contribution in [0.5, 0.6) is 0 Å². The van der Waals surface area contributed by atoms with Crippen molar-refractivity contribution in [3.8, 4) is 0 Å². The van der Waals surface area contributed by atoms with Gasteiger partial charge in [-0.25, -0.2) is 4.79 Å². The molecule has 0 aliphatic carbocycles. The van der Waals surface area contributed by atoms with E-state index in [1.54, 1.807) is 19.1 Å². The normalized spacial score (nSPS) is 10.6. The minimum absolute atomic E-state index is 0.112. The summed E-state index contributed by atoms with van der Waals surface area (Å²) in [7, 11) is 0. The Labute approximate surface area is 173 Å². The second kappa shape index (κ2) is 10.1. The van der Waals surface area contributed by atoms with Crippen LogP contribution in [0.1, 0.15) is 38.3 Å². The van der Waals surface area contributed by atoms with Crippen LogP contribution in [-0.2, 0) is 13.1 Å². The van der Waals surface area contributed by atoms with Gasteiger partial charge in [0, 0.05) is 48.0 Å². The molecule has 9 heteroatoms. The first kappa shape index (κ1) is 22.4. The smallest absolute Gasteiger partial charge is 0.404 e. The van der Waals surface area contributed by atoms with Crippen LogP contribution in [0.15, 0.2) is 23.0 Å². The van der Waals surface area contributed by atoms with E-state index in [4.69, 9.17) is 16.7 Å². The molecule has 0 bridgehead atoms. The van der Waals surface area contributed by atoms with Gasteiger partial charge in [0.15, 0.2) is 0 Å². The molecule has 8 nitrogen and oxygen atoms in total. The van der Waals surface area contributed by atoms with E-state index in [9.17, 15) is 14.4 Å². The second-order valence-electron chi connectivity index (χ2n) is 6.77. The number of H-pyrrole nitrogens is 1. The van der Waals surface area contributed by atoms with Gasteiger partial charge in [-0.05, 0) is 55.7 Å². The average molecular weight is 421 g/mol. The van der Waals surface area contributed by atoms with Crippen LogP contribution in [0.25, 0.3) is 0 Å². The van der Waals surface area contributed by atoms with Crippen LogP contribution >= 0.6 is 11.6 Å². The molecule has 0 fully saturated rings. The van der Waals surface area contributed by atoms with Crippen LogP contribution in [0.2, 0.25) is 5.02 Å². The number of nitrogens with one attached hydrogen (secondary N) is 4. The van der Waals surface area contributed by atoms with E-state index >= 15 is 0 Å². The highest BCUT2D eigenvalue weighted by atomic mass is 35.5. The predicted octanol–water partition coefficient (Wildman–Crippen LogP) is 2.24. The van der Waals surface area contributed by atoms with Crippen molar-refractivity contribution < 1.29 is 14.7 Å². The Kier molecular flexibility index (Phi) is 7.81. The van der Waals surface area contributed by atoms with Gasteiger partial charge in [-0.2, -0.15) is 0 Å². The summed E-state index contributed by atoms with van der Waals surface area (Å²) < 4.78 is 0. The lowest BCUT2D eigenvalue weighted by Crippen LogP contribution is -2.31. The molecule has 1 aromatic heterocycles. The number of hydrogen-bond donors (Lipinski definition) is 5. The fourth-order valence-corrected chi connectivity index (χ4v) is 3.24. The van der Waals surface area contributed by atoms with Gasteiger partial charge in [-0.1, -0.05) is 11.6 Å². The first-order valence-corrected chi connectivity index (χ1v) is 9.51. The number of amides is 2. The summed E-state index contributed by atoms with van der Waals surface area (Å²) in [5, 5.41) is 17.2. The lowest BCUT2D eigenvalue weighted by atomic mass is 10.0. The monoisotopic (exact) mass is 420 g/mol. The van der Waals surface area contributed by atoms with Gasteiger partial charge in [-0.3, -0.25) is 9.59 Å². The van der Waals surface area contributed by atoms with E-state index < -0.39 is 6.09 Å². The van der Waals surface area contributed by atoms with Gasteiger partial charge >= 0.3 is 6.09 Å². The van der Waals surface area contributed by atoms with Crippen molar-refractivity contribution >= 4 is 23.6 Å². The van der Waals surface area contributed by atoms with Crippen molar-refractivity contribution in [2.75, 3.05) is 13.1 Å². The number of benzene rings is 1.